The van der Waals surface area contributed by atoms with Gasteiger partial charge in [-0.1, -0.05) is 34.5 Å². The third-order valence-corrected chi connectivity index (χ3v) is 3.98. The summed E-state index contributed by atoms with van der Waals surface area (Å²) in [5, 5.41) is 0. The first-order chi connectivity index (χ1) is 8.16. The Morgan fingerprint density at radius 2 is 2.22 bits per heavy atom. The van der Waals surface area contributed by atoms with Gasteiger partial charge in [0.2, 0.25) is 0 Å². The second-order valence-corrected chi connectivity index (χ2v) is 5.68. The van der Waals surface area contributed by atoms with Gasteiger partial charge in [-0.25, -0.2) is 0 Å². The lowest BCUT2D eigenvalue weighted by Crippen LogP contribution is -2.37. The van der Waals surface area contributed by atoms with Crippen molar-refractivity contribution in [3.8, 4) is 0 Å². The van der Waals surface area contributed by atoms with E-state index in [1.54, 1.807) is 0 Å². The SMILES string of the molecule is CN1CCCCC1CC(=O)c1cccc(Br)c1.I. The highest BCUT2D eigenvalue weighted by atomic mass is 127. The van der Waals surface area contributed by atoms with Crippen LogP contribution in [-0.4, -0.2) is 30.3 Å². The van der Waals surface area contributed by atoms with E-state index in [1.807, 2.05) is 24.3 Å². The molecule has 1 saturated heterocycles. The number of benzene rings is 1. The van der Waals surface area contributed by atoms with Gasteiger partial charge in [0.25, 0.3) is 0 Å². The average molecular weight is 424 g/mol. The van der Waals surface area contributed by atoms with Crippen molar-refractivity contribution in [1.82, 2.24) is 4.90 Å². The van der Waals surface area contributed by atoms with Crippen molar-refractivity contribution in [3.63, 3.8) is 0 Å². The molecule has 0 radical (unpaired) electrons. The third-order valence-electron chi connectivity index (χ3n) is 3.49. The number of nitrogens with zero attached hydrogens (tertiary/aromatic N) is 1. The maximum Gasteiger partial charge on any atom is 0.164 e. The first-order valence-electron chi connectivity index (χ1n) is 6.16. The number of halogens is 2. The zero-order valence-electron chi connectivity index (χ0n) is 10.6. The van der Waals surface area contributed by atoms with Crippen LogP contribution in [0.15, 0.2) is 28.7 Å². The van der Waals surface area contributed by atoms with E-state index in [2.05, 4.69) is 27.9 Å². The first-order valence-corrected chi connectivity index (χ1v) is 6.95. The number of hydrogen-bond donors (Lipinski definition) is 0. The quantitative estimate of drug-likeness (QED) is 0.538. The zero-order valence-corrected chi connectivity index (χ0v) is 14.5. The molecule has 1 aromatic rings. The van der Waals surface area contributed by atoms with Gasteiger partial charge in [-0.15, -0.1) is 24.0 Å². The molecule has 1 atom stereocenters. The maximum atomic E-state index is 12.2. The molecular formula is C14H19BrINO. The van der Waals surface area contributed by atoms with E-state index in [9.17, 15) is 4.79 Å². The molecule has 0 spiro atoms. The third kappa shape index (κ3) is 4.31. The number of likely N-dealkylation sites (tertiary alicyclic amines) is 1. The minimum Gasteiger partial charge on any atom is -0.303 e. The summed E-state index contributed by atoms with van der Waals surface area (Å²) < 4.78 is 0.973. The highest BCUT2D eigenvalue weighted by Gasteiger charge is 2.22. The molecule has 100 valence electrons. The number of Topliss-reactive ketones (excluding diaryl/α,β-unsaturated/α-hetero) is 1. The Kier molecular flexibility index (Phi) is 6.81. The summed E-state index contributed by atoms with van der Waals surface area (Å²) in [5.74, 6) is 0.255. The summed E-state index contributed by atoms with van der Waals surface area (Å²) in [6.45, 7) is 1.12. The summed E-state index contributed by atoms with van der Waals surface area (Å²) >= 11 is 3.40. The maximum absolute atomic E-state index is 12.2. The van der Waals surface area contributed by atoms with Crippen LogP contribution in [-0.2, 0) is 0 Å². The van der Waals surface area contributed by atoms with Crippen LogP contribution in [0.1, 0.15) is 36.0 Å². The molecule has 1 heterocycles. The Bertz CT molecular complexity index is 411. The fourth-order valence-electron chi connectivity index (χ4n) is 2.40. The van der Waals surface area contributed by atoms with Crippen LogP contribution in [0.2, 0.25) is 0 Å². The zero-order chi connectivity index (χ0) is 12.3. The first kappa shape index (κ1) is 16.1. The van der Waals surface area contributed by atoms with Crippen molar-refractivity contribution in [1.29, 1.82) is 0 Å². The van der Waals surface area contributed by atoms with Gasteiger partial charge in [0.05, 0.1) is 0 Å². The molecule has 2 rings (SSSR count). The number of carbonyl (C=O) groups is 1. The van der Waals surface area contributed by atoms with Crippen LogP contribution >= 0.6 is 39.9 Å². The van der Waals surface area contributed by atoms with Crippen LogP contribution in [0.4, 0.5) is 0 Å². The van der Waals surface area contributed by atoms with Crippen LogP contribution in [0.25, 0.3) is 0 Å². The predicted molar refractivity (Wildman–Crippen MR) is 88.8 cm³/mol. The standard InChI is InChI=1S/C14H18BrNO.HI/c1-16-8-3-2-7-13(16)10-14(17)11-5-4-6-12(15)9-11;/h4-6,9,13H,2-3,7-8,10H2,1H3;1H. The molecule has 0 N–H and O–H groups in total. The van der Waals surface area contributed by atoms with Crippen molar-refractivity contribution in [3.05, 3.63) is 34.3 Å². The van der Waals surface area contributed by atoms with Gasteiger partial charge < -0.3 is 4.90 Å². The van der Waals surface area contributed by atoms with Gasteiger partial charge in [0.1, 0.15) is 0 Å². The lowest BCUT2D eigenvalue weighted by atomic mass is 9.96. The highest BCUT2D eigenvalue weighted by molar-refractivity contribution is 14.0. The highest BCUT2D eigenvalue weighted by Crippen LogP contribution is 2.20. The van der Waals surface area contributed by atoms with Gasteiger partial charge in [-0.2, -0.15) is 0 Å². The lowest BCUT2D eigenvalue weighted by molar-refractivity contribution is 0.0906. The number of carbonyl (C=O) groups excluding carboxylic acids is 1. The minimum atomic E-state index is 0. The average Bonchev–Trinajstić information content (AvgIpc) is 2.32. The van der Waals surface area contributed by atoms with E-state index in [0.717, 1.165) is 23.0 Å². The van der Waals surface area contributed by atoms with Crippen LogP contribution < -0.4 is 0 Å². The number of ketones is 1. The normalized spacial score (nSPS) is 20.2. The topological polar surface area (TPSA) is 20.3 Å². The summed E-state index contributed by atoms with van der Waals surface area (Å²) in [7, 11) is 2.12. The van der Waals surface area contributed by atoms with Crippen LogP contribution in [0.5, 0.6) is 0 Å². The minimum absolute atomic E-state index is 0. The Morgan fingerprint density at radius 3 is 2.89 bits per heavy atom. The van der Waals surface area contributed by atoms with Gasteiger partial charge in [0.15, 0.2) is 5.78 Å². The fourth-order valence-corrected chi connectivity index (χ4v) is 2.80. The van der Waals surface area contributed by atoms with Crippen LogP contribution in [0, 0.1) is 0 Å². The summed E-state index contributed by atoms with van der Waals surface area (Å²) in [5.41, 5.74) is 0.818. The molecule has 0 bridgehead atoms. The number of rotatable bonds is 3. The monoisotopic (exact) mass is 423 g/mol. The molecule has 1 aliphatic heterocycles. The summed E-state index contributed by atoms with van der Waals surface area (Å²) in [6, 6.07) is 8.10. The van der Waals surface area contributed by atoms with Crippen molar-refractivity contribution in [2.24, 2.45) is 0 Å². The largest absolute Gasteiger partial charge is 0.303 e. The Labute approximate surface area is 134 Å². The molecule has 0 amide bonds. The van der Waals surface area contributed by atoms with Crippen molar-refractivity contribution < 1.29 is 4.79 Å². The summed E-state index contributed by atoms with van der Waals surface area (Å²) in [4.78, 5) is 14.5. The van der Waals surface area contributed by atoms with Gasteiger partial charge in [0, 0.05) is 22.5 Å². The second-order valence-electron chi connectivity index (χ2n) is 4.77. The number of hydrogen-bond acceptors (Lipinski definition) is 2. The van der Waals surface area contributed by atoms with E-state index in [-0.39, 0.29) is 29.8 Å². The summed E-state index contributed by atoms with van der Waals surface area (Å²) in [6.07, 6.45) is 4.31. The Hall–Kier alpha value is 0.0600. The molecule has 0 aliphatic carbocycles. The van der Waals surface area contributed by atoms with E-state index in [4.69, 9.17) is 0 Å². The van der Waals surface area contributed by atoms with Crippen molar-refractivity contribution >= 4 is 45.7 Å². The molecule has 18 heavy (non-hydrogen) atoms. The number of piperidine rings is 1. The van der Waals surface area contributed by atoms with Gasteiger partial charge in [-0.05, 0) is 38.6 Å². The second kappa shape index (κ2) is 7.60. The van der Waals surface area contributed by atoms with Gasteiger partial charge in [-0.3, -0.25) is 4.79 Å². The smallest absolute Gasteiger partial charge is 0.164 e. The molecule has 4 heteroatoms. The fraction of sp³-hybridized carbons (Fsp3) is 0.500. The molecule has 1 aromatic carbocycles. The predicted octanol–water partition coefficient (Wildman–Crippen LogP) is 4.12. The Morgan fingerprint density at radius 1 is 1.44 bits per heavy atom. The van der Waals surface area contributed by atoms with Crippen molar-refractivity contribution in [2.75, 3.05) is 13.6 Å². The van der Waals surface area contributed by atoms with E-state index < -0.39 is 0 Å². The molecule has 1 aliphatic rings. The van der Waals surface area contributed by atoms with E-state index in [0.29, 0.717) is 12.5 Å². The molecule has 0 aromatic heterocycles. The lowest BCUT2D eigenvalue weighted by Gasteiger charge is -2.31. The van der Waals surface area contributed by atoms with Gasteiger partial charge >= 0.3 is 0 Å². The molecule has 1 fully saturated rings. The van der Waals surface area contributed by atoms with E-state index in [1.165, 1.54) is 12.8 Å². The van der Waals surface area contributed by atoms with Crippen LogP contribution in [0.3, 0.4) is 0 Å². The van der Waals surface area contributed by atoms with E-state index >= 15 is 0 Å². The Balaban J connectivity index is 0.00000162. The van der Waals surface area contributed by atoms with Crippen molar-refractivity contribution in [2.45, 2.75) is 31.7 Å². The molecule has 2 nitrogen and oxygen atoms in total. The molecule has 0 saturated carbocycles. The molecular weight excluding hydrogens is 405 g/mol. The molecule has 1 unspecified atom stereocenters.